The predicted octanol–water partition coefficient (Wildman–Crippen LogP) is 6.81. The van der Waals surface area contributed by atoms with Crippen molar-refractivity contribution in [2.45, 2.75) is 61.2 Å². The second kappa shape index (κ2) is 15.1. The molecule has 2 aliphatic rings. The third kappa shape index (κ3) is 7.64. The first-order valence-corrected chi connectivity index (χ1v) is 15.7. The maximum Gasteiger partial charge on any atom is 0.137 e. The molecule has 2 aliphatic heterocycles. The summed E-state index contributed by atoms with van der Waals surface area (Å²) < 4.78 is 43.7. The van der Waals surface area contributed by atoms with Crippen LogP contribution in [0.1, 0.15) is 22.3 Å². The molecule has 0 radical (unpaired) electrons. The van der Waals surface area contributed by atoms with Crippen molar-refractivity contribution in [2.24, 2.45) is 0 Å². The number of thioether (sulfide) groups is 1. The van der Waals surface area contributed by atoms with Gasteiger partial charge in [0, 0.05) is 4.90 Å². The Kier molecular flexibility index (Phi) is 10.5. The molecule has 4 aromatic carbocycles. The van der Waals surface area contributed by atoms with Crippen molar-refractivity contribution < 1.29 is 33.2 Å². The number of fused-ring (bicyclic) bond motifs is 2. The summed E-state index contributed by atoms with van der Waals surface area (Å²) in [5.41, 5.74) is 3.98. The summed E-state index contributed by atoms with van der Waals surface area (Å²) in [7, 11) is 3.32. The van der Waals surface area contributed by atoms with Gasteiger partial charge in [0.05, 0.1) is 47.3 Å². The van der Waals surface area contributed by atoms with Crippen molar-refractivity contribution in [2.75, 3.05) is 20.8 Å². The minimum atomic E-state index is -0.434. The van der Waals surface area contributed by atoms with Gasteiger partial charge in [0.2, 0.25) is 0 Å². The number of ether oxygens (including phenoxy) is 7. The van der Waals surface area contributed by atoms with Crippen LogP contribution < -0.4 is 9.47 Å². The lowest BCUT2D eigenvalue weighted by molar-refractivity contribution is -0.257. The standard InChI is InChI=1S/C36H38O7S/c1-37-29-16-12-25(13-17-29)20-39-24-32-33(40-21-26-14-18-30(38-2)19-15-26)34-35(36(43-32)44-31-10-4-3-5-11-31)42-23-28-9-7-6-8-27(28)22-41-34/h3-19,32-36H,20-24H2,1-2H3/t32-,33-,34+,35-,36+/m1/s1. The Morgan fingerprint density at radius 1 is 0.659 bits per heavy atom. The molecule has 0 saturated carbocycles. The van der Waals surface area contributed by atoms with Crippen LogP contribution in [0.4, 0.5) is 0 Å². The van der Waals surface area contributed by atoms with Crippen LogP contribution >= 0.6 is 11.8 Å². The molecule has 0 unspecified atom stereocenters. The lowest BCUT2D eigenvalue weighted by atomic mass is 9.98. The average Bonchev–Trinajstić information content (AvgIpc) is 3.06. The number of rotatable bonds is 11. The van der Waals surface area contributed by atoms with Gasteiger partial charge in [-0.3, -0.25) is 0 Å². The number of benzene rings is 4. The minimum absolute atomic E-state index is 0.328. The first kappa shape index (κ1) is 30.6. The lowest BCUT2D eigenvalue weighted by Gasteiger charge is -2.46. The molecule has 44 heavy (non-hydrogen) atoms. The van der Waals surface area contributed by atoms with Crippen molar-refractivity contribution in [1.82, 2.24) is 0 Å². The van der Waals surface area contributed by atoms with Gasteiger partial charge >= 0.3 is 0 Å². The SMILES string of the molecule is COc1ccc(COC[C@H]2O[C@@H](Sc3ccccc3)[C@@H]3OCc4ccccc4CO[C@H]3[C@@H]2OCc2ccc(OC)cc2)cc1. The maximum absolute atomic E-state index is 6.82. The summed E-state index contributed by atoms with van der Waals surface area (Å²) in [6.45, 7) is 2.08. The Balaban J connectivity index is 1.26. The van der Waals surface area contributed by atoms with E-state index in [2.05, 4.69) is 24.3 Å². The molecule has 0 N–H and O–H groups in total. The highest BCUT2D eigenvalue weighted by Crippen LogP contribution is 2.39. The lowest BCUT2D eigenvalue weighted by Crippen LogP contribution is -2.60. The number of methoxy groups -OCH3 is 2. The van der Waals surface area contributed by atoms with Crippen molar-refractivity contribution in [1.29, 1.82) is 0 Å². The molecule has 1 saturated heterocycles. The topological polar surface area (TPSA) is 64.6 Å². The molecule has 5 atom stereocenters. The van der Waals surface area contributed by atoms with Crippen LogP contribution in [0.15, 0.2) is 108 Å². The third-order valence-corrected chi connectivity index (χ3v) is 9.03. The van der Waals surface area contributed by atoms with Crippen LogP contribution in [0.25, 0.3) is 0 Å². The number of hydrogen-bond donors (Lipinski definition) is 0. The second-order valence-corrected chi connectivity index (χ2v) is 12.0. The summed E-state index contributed by atoms with van der Waals surface area (Å²) in [4.78, 5) is 1.10. The predicted molar refractivity (Wildman–Crippen MR) is 169 cm³/mol. The molecular formula is C36H38O7S. The van der Waals surface area contributed by atoms with Crippen LogP contribution in [-0.4, -0.2) is 50.7 Å². The number of hydrogen-bond acceptors (Lipinski definition) is 8. The van der Waals surface area contributed by atoms with Gasteiger partial charge in [-0.1, -0.05) is 78.5 Å². The molecule has 0 aliphatic carbocycles. The fourth-order valence-corrected chi connectivity index (χ4v) is 6.60. The van der Waals surface area contributed by atoms with Crippen LogP contribution in [0.2, 0.25) is 0 Å². The molecular weight excluding hydrogens is 576 g/mol. The Morgan fingerprint density at radius 3 is 1.84 bits per heavy atom. The summed E-state index contributed by atoms with van der Waals surface area (Å²) in [6, 6.07) is 34.3. The summed E-state index contributed by atoms with van der Waals surface area (Å²) >= 11 is 1.64. The third-order valence-electron chi connectivity index (χ3n) is 7.88. The maximum atomic E-state index is 6.82. The van der Waals surface area contributed by atoms with Crippen molar-refractivity contribution in [3.63, 3.8) is 0 Å². The normalized spacial score (nSPS) is 23.1. The zero-order chi connectivity index (χ0) is 30.1. The molecule has 6 rings (SSSR count). The van der Waals surface area contributed by atoms with Crippen LogP contribution in [0.3, 0.4) is 0 Å². The molecule has 1 fully saturated rings. The van der Waals surface area contributed by atoms with E-state index in [0.29, 0.717) is 33.0 Å². The summed E-state index contributed by atoms with van der Waals surface area (Å²) in [5, 5.41) is 0. The highest BCUT2D eigenvalue weighted by Gasteiger charge is 2.49. The van der Waals surface area contributed by atoms with Gasteiger partial charge in [-0.25, -0.2) is 0 Å². The Hall–Kier alpha value is -3.37. The molecule has 8 heteroatoms. The minimum Gasteiger partial charge on any atom is -0.497 e. The molecule has 0 aromatic heterocycles. The fourth-order valence-electron chi connectivity index (χ4n) is 5.45. The average molecular weight is 615 g/mol. The van der Waals surface area contributed by atoms with E-state index in [1.165, 1.54) is 0 Å². The van der Waals surface area contributed by atoms with E-state index in [0.717, 1.165) is 38.6 Å². The molecule has 4 aromatic rings. The van der Waals surface area contributed by atoms with E-state index in [1.54, 1.807) is 26.0 Å². The van der Waals surface area contributed by atoms with Crippen LogP contribution in [-0.2, 0) is 50.1 Å². The summed E-state index contributed by atoms with van der Waals surface area (Å²) in [6.07, 6.45) is -1.58. The Labute approximate surface area is 263 Å². The van der Waals surface area contributed by atoms with Gasteiger partial charge in [0.25, 0.3) is 0 Å². The Morgan fingerprint density at radius 2 is 1.23 bits per heavy atom. The van der Waals surface area contributed by atoms with Gasteiger partial charge in [0.15, 0.2) is 0 Å². The van der Waals surface area contributed by atoms with Crippen molar-refractivity contribution in [3.05, 3.63) is 125 Å². The molecule has 230 valence electrons. The molecule has 0 amide bonds. The van der Waals surface area contributed by atoms with Crippen LogP contribution in [0, 0.1) is 0 Å². The van der Waals surface area contributed by atoms with Gasteiger partial charge in [0.1, 0.15) is 41.4 Å². The van der Waals surface area contributed by atoms with Gasteiger partial charge in [-0.15, -0.1) is 0 Å². The second-order valence-electron chi connectivity index (χ2n) is 10.8. The van der Waals surface area contributed by atoms with Gasteiger partial charge in [-0.05, 0) is 58.7 Å². The molecule has 2 heterocycles. The zero-order valence-corrected chi connectivity index (χ0v) is 25.8. The van der Waals surface area contributed by atoms with E-state index in [1.807, 2.05) is 78.9 Å². The van der Waals surface area contributed by atoms with Crippen molar-refractivity contribution in [3.8, 4) is 11.5 Å². The van der Waals surface area contributed by atoms with E-state index >= 15 is 0 Å². The highest BCUT2D eigenvalue weighted by atomic mass is 32.2. The molecule has 7 nitrogen and oxygen atoms in total. The van der Waals surface area contributed by atoms with E-state index in [9.17, 15) is 0 Å². The Bertz CT molecular complexity index is 1450. The van der Waals surface area contributed by atoms with Gasteiger partial charge in [-0.2, -0.15) is 0 Å². The van der Waals surface area contributed by atoms with E-state index in [-0.39, 0.29) is 17.6 Å². The quantitative estimate of drug-likeness (QED) is 0.183. The molecule has 0 spiro atoms. The fraction of sp³-hybridized carbons (Fsp3) is 0.333. The molecule has 0 bridgehead atoms. The first-order valence-electron chi connectivity index (χ1n) is 14.8. The zero-order valence-electron chi connectivity index (χ0n) is 25.0. The van der Waals surface area contributed by atoms with Gasteiger partial charge < -0.3 is 33.2 Å². The van der Waals surface area contributed by atoms with Crippen LogP contribution in [0.5, 0.6) is 11.5 Å². The monoisotopic (exact) mass is 614 g/mol. The van der Waals surface area contributed by atoms with E-state index < -0.39 is 12.2 Å². The largest absolute Gasteiger partial charge is 0.497 e. The highest BCUT2D eigenvalue weighted by molar-refractivity contribution is 7.99. The first-order chi connectivity index (χ1) is 21.7. The van der Waals surface area contributed by atoms with E-state index in [4.69, 9.17) is 33.2 Å². The smallest absolute Gasteiger partial charge is 0.137 e. The van der Waals surface area contributed by atoms with Crippen molar-refractivity contribution >= 4 is 11.8 Å². The summed E-state index contributed by atoms with van der Waals surface area (Å²) in [5.74, 6) is 1.61.